The Morgan fingerprint density at radius 2 is 1.58 bits per heavy atom. The van der Waals surface area contributed by atoms with Crippen LogP contribution in [0.5, 0.6) is 0 Å². The Hall–Kier alpha value is -3.39. The van der Waals surface area contributed by atoms with Gasteiger partial charge in [0.2, 0.25) is 0 Å². The number of hydrogen-bond donors (Lipinski definition) is 0. The summed E-state index contributed by atoms with van der Waals surface area (Å²) in [5, 5.41) is 4.23. The minimum Gasteiger partial charge on any atom is -0.355 e. The Morgan fingerprint density at radius 1 is 0.871 bits per heavy atom. The van der Waals surface area contributed by atoms with E-state index in [0.29, 0.717) is 0 Å². The molecule has 0 amide bonds. The standard InChI is InChI=1S/C29H27NO/c1-21-26(12-6-5-11-22-9-3-2-4-10-22)29(31-30-21)25-19-17-24(18-20-25)28-14-8-7-13-27(28)23-15-16-23/h2-4,6-10,12-14,17-20,23H,5,11,15-16H2,1H3/b12-6+. The summed E-state index contributed by atoms with van der Waals surface area (Å²) in [6.07, 6.45) is 9.02. The fraction of sp³-hybridized carbons (Fsp3) is 0.207. The van der Waals surface area contributed by atoms with Gasteiger partial charge in [0, 0.05) is 11.1 Å². The third kappa shape index (κ3) is 4.39. The minimum absolute atomic E-state index is 0.737. The van der Waals surface area contributed by atoms with Gasteiger partial charge >= 0.3 is 0 Å². The quantitative estimate of drug-likeness (QED) is 0.313. The van der Waals surface area contributed by atoms with E-state index in [1.807, 2.05) is 6.92 Å². The number of allylic oxidation sites excluding steroid dienone is 1. The molecule has 3 aromatic carbocycles. The average Bonchev–Trinajstić information content (AvgIpc) is 3.61. The Kier molecular flexibility index (Phi) is 5.54. The summed E-state index contributed by atoms with van der Waals surface area (Å²) in [5.74, 6) is 1.58. The Labute approximate surface area is 184 Å². The highest BCUT2D eigenvalue weighted by Gasteiger charge is 2.26. The summed E-state index contributed by atoms with van der Waals surface area (Å²) in [4.78, 5) is 0. The molecule has 0 radical (unpaired) electrons. The second-order valence-electron chi connectivity index (χ2n) is 8.38. The van der Waals surface area contributed by atoms with Crippen molar-refractivity contribution in [1.82, 2.24) is 5.16 Å². The van der Waals surface area contributed by atoms with Gasteiger partial charge in [0.15, 0.2) is 5.76 Å². The zero-order chi connectivity index (χ0) is 21.0. The maximum atomic E-state index is 5.71. The van der Waals surface area contributed by atoms with Crippen LogP contribution < -0.4 is 0 Å². The molecule has 0 bridgehead atoms. The molecule has 0 N–H and O–H groups in total. The van der Waals surface area contributed by atoms with Gasteiger partial charge in [0.1, 0.15) is 0 Å². The Balaban J connectivity index is 1.35. The van der Waals surface area contributed by atoms with Gasteiger partial charge in [-0.15, -0.1) is 0 Å². The molecule has 0 unspecified atom stereocenters. The number of aryl methyl sites for hydroxylation is 2. The van der Waals surface area contributed by atoms with Crippen LogP contribution in [0.1, 0.15) is 47.6 Å². The van der Waals surface area contributed by atoms with Crippen LogP contribution in [0.25, 0.3) is 28.5 Å². The number of rotatable bonds is 7. The predicted octanol–water partition coefficient (Wildman–Crippen LogP) is 7.84. The molecule has 4 aromatic rings. The van der Waals surface area contributed by atoms with Crippen molar-refractivity contribution in [3.63, 3.8) is 0 Å². The van der Waals surface area contributed by atoms with E-state index in [1.165, 1.54) is 35.1 Å². The van der Waals surface area contributed by atoms with Crippen LogP contribution in [0.2, 0.25) is 0 Å². The van der Waals surface area contributed by atoms with Crippen molar-refractivity contribution in [3.8, 4) is 22.5 Å². The van der Waals surface area contributed by atoms with Crippen LogP contribution in [0.4, 0.5) is 0 Å². The smallest absolute Gasteiger partial charge is 0.174 e. The first-order valence-corrected chi connectivity index (χ1v) is 11.2. The van der Waals surface area contributed by atoms with Crippen molar-refractivity contribution in [3.05, 3.63) is 107 Å². The lowest BCUT2D eigenvalue weighted by Crippen LogP contribution is -1.87. The van der Waals surface area contributed by atoms with E-state index in [2.05, 4.69) is 96.2 Å². The fourth-order valence-corrected chi connectivity index (χ4v) is 4.19. The summed E-state index contributed by atoms with van der Waals surface area (Å²) in [6.45, 7) is 2.00. The van der Waals surface area contributed by atoms with E-state index < -0.39 is 0 Å². The highest BCUT2D eigenvalue weighted by atomic mass is 16.5. The maximum Gasteiger partial charge on any atom is 0.174 e. The first-order valence-electron chi connectivity index (χ1n) is 11.2. The Morgan fingerprint density at radius 3 is 2.35 bits per heavy atom. The van der Waals surface area contributed by atoms with E-state index in [1.54, 1.807) is 0 Å². The van der Waals surface area contributed by atoms with Crippen LogP contribution in [0.15, 0.2) is 89.5 Å². The minimum atomic E-state index is 0.737. The third-order valence-electron chi connectivity index (χ3n) is 6.07. The Bertz CT molecular complexity index is 1180. The topological polar surface area (TPSA) is 26.0 Å². The van der Waals surface area contributed by atoms with Crippen molar-refractivity contribution >= 4 is 6.08 Å². The number of aromatic nitrogens is 1. The molecule has 1 aromatic heterocycles. The van der Waals surface area contributed by atoms with Crippen LogP contribution >= 0.6 is 0 Å². The van der Waals surface area contributed by atoms with Crippen molar-refractivity contribution < 1.29 is 4.52 Å². The van der Waals surface area contributed by atoms with E-state index >= 15 is 0 Å². The highest BCUT2D eigenvalue weighted by molar-refractivity contribution is 5.75. The van der Waals surface area contributed by atoms with Gasteiger partial charge in [0.05, 0.1) is 5.69 Å². The molecular formula is C29H27NO. The average molecular weight is 406 g/mol. The van der Waals surface area contributed by atoms with E-state index in [4.69, 9.17) is 4.52 Å². The first-order chi connectivity index (χ1) is 15.3. The largest absolute Gasteiger partial charge is 0.355 e. The van der Waals surface area contributed by atoms with Gasteiger partial charge in [-0.1, -0.05) is 96.2 Å². The molecule has 1 heterocycles. The molecule has 1 fully saturated rings. The third-order valence-corrected chi connectivity index (χ3v) is 6.07. The highest BCUT2D eigenvalue weighted by Crippen LogP contribution is 2.44. The molecule has 0 aliphatic heterocycles. The SMILES string of the molecule is Cc1noc(-c2ccc(-c3ccccc3C3CC3)cc2)c1/C=C/CCc1ccccc1. The van der Waals surface area contributed by atoms with E-state index in [9.17, 15) is 0 Å². The predicted molar refractivity (Wildman–Crippen MR) is 128 cm³/mol. The molecule has 0 atom stereocenters. The van der Waals surface area contributed by atoms with E-state index in [-0.39, 0.29) is 0 Å². The summed E-state index contributed by atoms with van der Waals surface area (Å²) in [7, 11) is 0. The molecule has 1 aliphatic carbocycles. The van der Waals surface area contributed by atoms with Crippen molar-refractivity contribution in [1.29, 1.82) is 0 Å². The summed E-state index contributed by atoms with van der Waals surface area (Å²) in [5.41, 5.74) is 8.52. The zero-order valence-electron chi connectivity index (χ0n) is 17.9. The number of benzene rings is 3. The molecule has 31 heavy (non-hydrogen) atoms. The van der Waals surface area contributed by atoms with Gasteiger partial charge in [-0.25, -0.2) is 0 Å². The molecule has 1 aliphatic rings. The first kappa shape index (κ1) is 19.6. The fourth-order valence-electron chi connectivity index (χ4n) is 4.19. The van der Waals surface area contributed by atoms with Crippen LogP contribution in [0.3, 0.4) is 0 Å². The van der Waals surface area contributed by atoms with Crippen molar-refractivity contribution in [2.75, 3.05) is 0 Å². The molecule has 0 saturated heterocycles. The van der Waals surface area contributed by atoms with Crippen LogP contribution in [-0.4, -0.2) is 5.16 Å². The molecule has 0 spiro atoms. The van der Waals surface area contributed by atoms with Crippen LogP contribution in [0, 0.1) is 6.92 Å². The lowest BCUT2D eigenvalue weighted by atomic mass is 9.95. The number of nitrogens with zero attached hydrogens (tertiary/aromatic N) is 1. The van der Waals surface area contributed by atoms with Gasteiger partial charge in [-0.05, 0) is 60.8 Å². The summed E-state index contributed by atoms with van der Waals surface area (Å²) in [6, 6.07) is 28.1. The summed E-state index contributed by atoms with van der Waals surface area (Å²) < 4.78 is 5.71. The zero-order valence-corrected chi connectivity index (χ0v) is 17.9. The normalized spacial score (nSPS) is 13.7. The van der Waals surface area contributed by atoms with E-state index in [0.717, 1.165) is 41.3 Å². The van der Waals surface area contributed by atoms with Crippen molar-refractivity contribution in [2.24, 2.45) is 0 Å². The second-order valence-corrected chi connectivity index (χ2v) is 8.38. The van der Waals surface area contributed by atoms with Gasteiger partial charge in [-0.3, -0.25) is 0 Å². The van der Waals surface area contributed by atoms with Gasteiger partial charge < -0.3 is 4.52 Å². The van der Waals surface area contributed by atoms with Gasteiger partial charge in [-0.2, -0.15) is 0 Å². The lowest BCUT2D eigenvalue weighted by Gasteiger charge is -2.09. The van der Waals surface area contributed by atoms with Gasteiger partial charge in [0.25, 0.3) is 0 Å². The maximum absolute atomic E-state index is 5.71. The molecule has 1 saturated carbocycles. The lowest BCUT2D eigenvalue weighted by molar-refractivity contribution is 0.427. The molecule has 5 rings (SSSR count). The molecule has 154 valence electrons. The molecule has 2 nitrogen and oxygen atoms in total. The second kappa shape index (κ2) is 8.77. The van der Waals surface area contributed by atoms with Crippen LogP contribution in [-0.2, 0) is 6.42 Å². The number of hydrogen-bond acceptors (Lipinski definition) is 2. The monoisotopic (exact) mass is 405 g/mol. The van der Waals surface area contributed by atoms with Crippen molar-refractivity contribution in [2.45, 2.75) is 38.5 Å². The summed E-state index contributed by atoms with van der Waals surface area (Å²) >= 11 is 0. The molecular weight excluding hydrogens is 378 g/mol. The molecule has 2 heteroatoms.